The first-order chi connectivity index (χ1) is 21.2. The van der Waals surface area contributed by atoms with Crippen molar-refractivity contribution in [1.29, 1.82) is 0 Å². The van der Waals surface area contributed by atoms with E-state index in [9.17, 15) is 18.0 Å². The summed E-state index contributed by atoms with van der Waals surface area (Å²) < 4.78 is 28.2. The monoisotopic (exact) mass is 641 g/mol. The van der Waals surface area contributed by atoms with Crippen LogP contribution >= 0.6 is 0 Å². The van der Waals surface area contributed by atoms with Gasteiger partial charge in [0.1, 0.15) is 0 Å². The Bertz CT molecular complexity index is 1390. The van der Waals surface area contributed by atoms with Gasteiger partial charge in [-0.3, -0.25) is 9.59 Å². The van der Waals surface area contributed by atoms with E-state index in [-0.39, 0.29) is 42.3 Å². The molecule has 9 heteroatoms. The summed E-state index contributed by atoms with van der Waals surface area (Å²) >= 11 is 0. The zero-order valence-electron chi connectivity index (χ0n) is 28.7. The molecular formula is C36H55N3O5S. The summed E-state index contributed by atoms with van der Waals surface area (Å²) in [6.45, 7) is 19.7. The Morgan fingerprint density at radius 2 is 1.69 bits per heavy atom. The van der Waals surface area contributed by atoms with Gasteiger partial charge in [-0.1, -0.05) is 69.2 Å². The van der Waals surface area contributed by atoms with Crippen LogP contribution < -0.4 is 4.72 Å². The zero-order chi connectivity index (χ0) is 33.9. The molecule has 0 fully saturated rings. The third-order valence-electron chi connectivity index (χ3n) is 8.16. The first-order valence-electron chi connectivity index (χ1n) is 16.2. The lowest BCUT2D eigenvalue weighted by Crippen LogP contribution is -2.45. The fourth-order valence-corrected chi connectivity index (χ4v) is 7.19. The summed E-state index contributed by atoms with van der Waals surface area (Å²) in [4.78, 5) is 32.4. The topological polar surface area (TPSA) is 107 Å². The largest absolute Gasteiger partial charge is 0.395 e. The molecule has 1 atom stereocenters. The van der Waals surface area contributed by atoms with Crippen molar-refractivity contribution in [2.45, 2.75) is 112 Å². The number of amides is 2. The van der Waals surface area contributed by atoms with Crippen molar-refractivity contribution < 1.29 is 23.1 Å². The third-order valence-corrected chi connectivity index (χ3v) is 9.67. The number of sulfonamides is 1. The maximum Gasteiger partial charge on any atom is 0.261 e. The van der Waals surface area contributed by atoms with Gasteiger partial charge in [-0.25, -0.2) is 13.1 Å². The Labute approximate surface area is 272 Å². The molecule has 2 N–H and O–H groups in total. The van der Waals surface area contributed by atoms with Gasteiger partial charge in [0.25, 0.3) is 11.8 Å². The van der Waals surface area contributed by atoms with Gasteiger partial charge in [0, 0.05) is 42.4 Å². The minimum atomic E-state index is -3.88. The number of hydrogen-bond acceptors (Lipinski definition) is 5. The van der Waals surface area contributed by atoms with Crippen molar-refractivity contribution in [2.24, 2.45) is 5.92 Å². The van der Waals surface area contributed by atoms with Crippen molar-refractivity contribution in [3.8, 4) is 0 Å². The Morgan fingerprint density at radius 3 is 2.27 bits per heavy atom. The zero-order valence-corrected chi connectivity index (χ0v) is 29.5. The fourth-order valence-electron chi connectivity index (χ4n) is 6.07. The summed E-state index contributed by atoms with van der Waals surface area (Å²) in [5, 5.41) is 9.16. The average molecular weight is 642 g/mol. The van der Waals surface area contributed by atoms with Crippen LogP contribution in [0.4, 0.5) is 0 Å². The molecule has 2 rings (SSSR count). The second kappa shape index (κ2) is 17.1. The second-order valence-electron chi connectivity index (χ2n) is 12.9. The highest BCUT2D eigenvalue weighted by Crippen LogP contribution is 2.46. The molecule has 45 heavy (non-hydrogen) atoms. The highest BCUT2D eigenvalue weighted by molar-refractivity contribution is 7.93. The number of nitrogens with one attached hydrogen (secondary N) is 1. The van der Waals surface area contributed by atoms with Crippen molar-refractivity contribution >= 4 is 21.8 Å². The number of nitrogens with zero attached hydrogens (tertiary/aromatic N) is 2. The van der Waals surface area contributed by atoms with Crippen LogP contribution in [0.15, 0.2) is 82.1 Å². The molecule has 2 amide bonds. The molecule has 0 aromatic heterocycles. The fraction of sp³-hybridized carbons (Fsp3) is 0.556. The van der Waals surface area contributed by atoms with Gasteiger partial charge in [-0.2, -0.15) is 0 Å². The summed E-state index contributed by atoms with van der Waals surface area (Å²) in [5.41, 5.74) is 2.91. The number of aliphatic hydroxyl groups excluding tert-OH is 1. The lowest BCUT2D eigenvalue weighted by atomic mass is 9.95. The number of hydrogen-bond donors (Lipinski definition) is 2. The molecule has 0 aliphatic carbocycles. The van der Waals surface area contributed by atoms with E-state index < -0.39 is 15.6 Å². The normalized spacial score (nSPS) is 17.7. The number of aliphatic hydroxyl groups is 1. The van der Waals surface area contributed by atoms with Gasteiger partial charge in [0.2, 0.25) is 10.0 Å². The van der Waals surface area contributed by atoms with Crippen molar-refractivity contribution in [3.63, 3.8) is 0 Å². The molecule has 0 aromatic carbocycles. The van der Waals surface area contributed by atoms with E-state index in [1.54, 1.807) is 23.1 Å². The van der Waals surface area contributed by atoms with E-state index in [1.165, 1.54) is 11.6 Å². The Balaban J connectivity index is 2.73. The number of fused-ring (bicyclic) bond motifs is 1. The molecule has 0 aromatic rings. The minimum Gasteiger partial charge on any atom is -0.395 e. The van der Waals surface area contributed by atoms with Crippen molar-refractivity contribution in [1.82, 2.24) is 14.5 Å². The van der Waals surface area contributed by atoms with Gasteiger partial charge in [-0.15, -0.1) is 6.58 Å². The predicted molar refractivity (Wildman–Crippen MR) is 184 cm³/mol. The van der Waals surface area contributed by atoms with Crippen LogP contribution in [0, 0.1) is 5.92 Å². The van der Waals surface area contributed by atoms with Crippen LogP contribution in [0.25, 0.3) is 0 Å². The maximum absolute atomic E-state index is 14.4. The summed E-state index contributed by atoms with van der Waals surface area (Å²) in [6.07, 6.45) is 16.7. The summed E-state index contributed by atoms with van der Waals surface area (Å²) in [7, 11) is -3.88. The van der Waals surface area contributed by atoms with Crippen LogP contribution in [0.5, 0.6) is 0 Å². The quantitative estimate of drug-likeness (QED) is 0.119. The third kappa shape index (κ3) is 9.50. The van der Waals surface area contributed by atoms with E-state index in [1.807, 2.05) is 38.7 Å². The maximum atomic E-state index is 14.4. The van der Waals surface area contributed by atoms with Crippen molar-refractivity contribution in [2.75, 3.05) is 13.2 Å². The lowest BCUT2D eigenvalue weighted by Gasteiger charge is -2.38. The molecule has 250 valence electrons. The second-order valence-corrected chi connectivity index (χ2v) is 14.6. The Morgan fingerprint density at radius 1 is 1.04 bits per heavy atom. The summed E-state index contributed by atoms with van der Waals surface area (Å²) in [5.74, 6) is 0.0196. The van der Waals surface area contributed by atoms with E-state index in [4.69, 9.17) is 5.11 Å². The van der Waals surface area contributed by atoms with Crippen LogP contribution in [-0.2, 0) is 19.6 Å². The van der Waals surface area contributed by atoms with Gasteiger partial charge in [0.15, 0.2) is 0 Å². The SMILES string of the molecule is C=CC/C=C(\C=C/CC1=C2C(=O)N(C(C)CC(C)C)C(C/C=C\C/C(C)=C\C)=C2C(=O)N1C(C)(C)CCC)S(=O)(=O)NCCO. The number of allylic oxidation sites excluding steroid dienone is 8. The predicted octanol–water partition coefficient (Wildman–Crippen LogP) is 6.81. The Hall–Kier alpha value is -3.01. The van der Waals surface area contributed by atoms with Crippen LogP contribution in [0.3, 0.4) is 0 Å². The van der Waals surface area contributed by atoms with E-state index in [0.29, 0.717) is 35.6 Å². The average Bonchev–Trinajstić information content (AvgIpc) is 3.42. The molecule has 2 aliphatic heterocycles. The highest BCUT2D eigenvalue weighted by atomic mass is 32.2. The van der Waals surface area contributed by atoms with E-state index >= 15 is 0 Å². The molecule has 1 unspecified atom stereocenters. The molecule has 0 bridgehead atoms. The van der Waals surface area contributed by atoms with E-state index in [2.05, 4.69) is 51.1 Å². The first kappa shape index (κ1) is 38.2. The molecule has 0 radical (unpaired) electrons. The number of carbonyl (C=O) groups is 2. The number of carbonyl (C=O) groups excluding carboxylic acids is 2. The number of rotatable bonds is 19. The highest BCUT2D eigenvalue weighted by Gasteiger charge is 2.51. The molecule has 8 nitrogen and oxygen atoms in total. The molecule has 0 saturated carbocycles. The van der Waals surface area contributed by atoms with Crippen molar-refractivity contribution in [3.05, 3.63) is 82.1 Å². The first-order valence-corrected chi connectivity index (χ1v) is 17.7. The Kier molecular flexibility index (Phi) is 14.5. The van der Waals surface area contributed by atoms with Gasteiger partial charge >= 0.3 is 0 Å². The molecule has 0 spiro atoms. The van der Waals surface area contributed by atoms with Crippen LogP contribution in [0.2, 0.25) is 0 Å². The molecule has 2 heterocycles. The van der Waals surface area contributed by atoms with Crippen LogP contribution in [0.1, 0.15) is 100 Å². The standard InChI is InChI=1S/C36H55N3O5S/c1-10-13-18-29(45(43,44)37-23-24-40)19-16-21-31-33-32(35(42)39(31)36(8,9)22-11-2)30(20-15-14-17-27(6)12-3)38(34(33)41)28(7)25-26(4)5/h10,12,14-16,18-19,26,28,37,40H,1,11,13,17,20-25H2,2-9H3/b15-14-,19-16-,27-12-,29-18+. The smallest absolute Gasteiger partial charge is 0.261 e. The van der Waals surface area contributed by atoms with Gasteiger partial charge < -0.3 is 14.9 Å². The lowest BCUT2D eigenvalue weighted by molar-refractivity contribution is -0.128. The molecule has 0 saturated heterocycles. The summed E-state index contributed by atoms with van der Waals surface area (Å²) in [6, 6.07) is -0.0957. The minimum absolute atomic E-state index is 0.0353. The van der Waals surface area contributed by atoms with E-state index in [0.717, 1.165) is 31.4 Å². The van der Waals surface area contributed by atoms with Crippen LogP contribution in [-0.4, -0.2) is 59.9 Å². The van der Waals surface area contributed by atoms with Gasteiger partial charge in [0.05, 0.1) is 22.7 Å². The van der Waals surface area contributed by atoms with Gasteiger partial charge in [-0.05, 0) is 72.3 Å². The molecule has 2 aliphatic rings. The molecular weight excluding hydrogens is 586 g/mol.